The number of aryl methyl sites for hydroxylation is 1. The largest absolute Gasteiger partial charge is 0.309 e. The summed E-state index contributed by atoms with van der Waals surface area (Å²) in [6, 6.07) is 20.2. The van der Waals surface area contributed by atoms with Crippen LogP contribution in [0, 0.1) is 0 Å². The van der Waals surface area contributed by atoms with Crippen LogP contribution in [0.3, 0.4) is 0 Å². The minimum absolute atomic E-state index is 0.230. The Morgan fingerprint density at radius 3 is 2.43 bits per heavy atom. The van der Waals surface area contributed by atoms with Crippen molar-refractivity contribution in [3.8, 4) is 0 Å². The smallest absolute Gasteiger partial charge is 0.0209 e. The predicted octanol–water partition coefficient (Wildman–Crippen LogP) is 4.26. The maximum absolute atomic E-state index is 2.35. The van der Waals surface area contributed by atoms with Gasteiger partial charge in [-0.05, 0) is 63.0 Å². The molecule has 110 valence electrons. The van der Waals surface area contributed by atoms with Crippen molar-refractivity contribution in [3.05, 3.63) is 71.3 Å². The Morgan fingerprint density at radius 2 is 1.67 bits per heavy atom. The lowest BCUT2D eigenvalue weighted by atomic mass is 9.72. The second kappa shape index (κ2) is 6.03. The van der Waals surface area contributed by atoms with E-state index >= 15 is 0 Å². The average Bonchev–Trinajstić information content (AvgIpc) is 2.88. The van der Waals surface area contributed by atoms with Crippen molar-refractivity contribution in [2.24, 2.45) is 0 Å². The number of nitrogens with zero attached hydrogens (tertiary/aromatic N) is 1. The fourth-order valence-corrected chi connectivity index (χ4v) is 3.85. The molecule has 0 saturated heterocycles. The standard InChI is InChI=1S/C20H25N/c1-21(2)16-8-14-20(18-10-4-3-5-11-18)15-13-17-9-6-7-12-19(17)20/h3-7,9-12H,8,13-16H2,1-2H3/t20-/m0/s1. The van der Waals surface area contributed by atoms with Crippen molar-refractivity contribution >= 4 is 0 Å². The van der Waals surface area contributed by atoms with Crippen molar-refractivity contribution in [1.29, 1.82) is 0 Å². The summed E-state index contributed by atoms with van der Waals surface area (Å²) in [4.78, 5) is 2.29. The molecule has 1 aliphatic carbocycles. The van der Waals surface area contributed by atoms with Gasteiger partial charge < -0.3 is 4.90 Å². The van der Waals surface area contributed by atoms with E-state index < -0.39 is 0 Å². The molecule has 1 heteroatoms. The molecule has 0 N–H and O–H groups in total. The van der Waals surface area contributed by atoms with E-state index in [4.69, 9.17) is 0 Å². The lowest BCUT2D eigenvalue weighted by Crippen LogP contribution is -2.26. The average molecular weight is 279 g/mol. The molecule has 0 aliphatic heterocycles. The van der Waals surface area contributed by atoms with Crippen molar-refractivity contribution in [1.82, 2.24) is 4.90 Å². The number of hydrogen-bond acceptors (Lipinski definition) is 1. The van der Waals surface area contributed by atoms with Gasteiger partial charge in [-0.25, -0.2) is 0 Å². The molecule has 1 aliphatic rings. The maximum Gasteiger partial charge on any atom is 0.0209 e. The number of benzene rings is 2. The van der Waals surface area contributed by atoms with Crippen LogP contribution in [0.1, 0.15) is 36.0 Å². The number of rotatable bonds is 5. The quantitative estimate of drug-likeness (QED) is 0.790. The van der Waals surface area contributed by atoms with Crippen molar-refractivity contribution < 1.29 is 0 Å². The highest BCUT2D eigenvalue weighted by Crippen LogP contribution is 2.47. The molecule has 0 unspecified atom stereocenters. The molecular weight excluding hydrogens is 254 g/mol. The molecule has 3 rings (SSSR count). The molecule has 0 spiro atoms. The van der Waals surface area contributed by atoms with Gasteiger partial charge in [0.2, 0.25) is 0 Å². The number of hydrogen-bond donors (Lipinski definition) is 0. The Hall–Kier alpha value is -1.60. The van der Waals surface area contributed by atoms with E-state index in [0.717, 1.165) is 6.54 Å². The topological polar surface area (TPSA) is 3.24 Å². The maximum atomic E-state index is 2.35. The van der Waals surface area contributed by atoms with Crippen LogP contribution in [0.15, 0.2) is 54.6 Å². The Labute approximate surface area is 128 Å². The summed E-state index contributed by atoms with van der Waals surface area (Å²) in [7, 11) is 4.33. The Morgan fingerprint density at radius 1 is 0.952 bits per heavy atom. The lowest BCUT2D eigenvalue weighted by molar-refractivity contribution is 0.359. The Kier molecular flexibility index (Phi) is 4.12. The molecule has 0 fully saturated rings. The van der Waals surface area contributed by atoms with Crippen LogP contribution in [-0.2, 0) is 11.8 Å². The molecule has 21 heavy (non-hydrogen) atoms. The molecule has 1 atom stereocenters. The normalized spacial score (nSPS) is 20.7. The minimum Gasteiger partial charge on any atom is -0.309 e. The third-order valence-corrected chi connectivity index (χ3v) is 4.89. The highest BCUT2D eigenvalue weighted by atomic mass is 15.0. The van der Waals surface area contributed by atoms with Gasteiger partial charge in [0, 0.05) is 5.41 Å². The van der Waals surface area contributed by atoms with Crippen LogP contribution in [0.4, 0.5) is 0 Å². The highest BCUT2D eigenvalue weighted by Gasteiger charge is 2.39. The SMILES string of the molecule is CN(C)CCC[C@@]1(c2ccccc2)CCc2ccccc21. The first-order valence-electron chi connectivity index (χ1n) is 8.01. The van der Waals surface area contributed by atoms with Gasteiger partial charge in [0.15, 0.2) is 0 Å². The monoisotopic (exact) mass is 279 g/mol. The van der Waals surface area contributed by atoms with Gasteiger partial charge in [0.1, 0.15) is 0 Å². The first-order chi connectivity index (χ1) is 10.2. The Bertz CT molecular complexity index is 588. The molecule has 0 heterocycles. The fourth-order valence-electron chi connectivity index (χ4n) is 3.85. The Balaban J connectivity index is 1.97. The molecule has 2 aromatic carbocycles. The van der Waals surface area contributed by atoms with E-state index in [1.54, 1.807) is 11.1 Å². The van der Waals surface area contributed by atoms with Crippen molar-refractivity contribution in [3.63, 3.8) is 0 Å². The molecule has 0 saturated carbocycles. The highest BCUT2D eigenvalue weighted by molar-refractivity contribution is 5.47. The molecule has 0 amide bonds. The molecule has 2 aromatic rings. The first-order valence-corrected chi connectivity index (χ1v) is 8.01. The van der Waals surface area contributed by atoms with E-state index in [1.165, 1.54) is 31.2 Å². The van der Waals surface area contributed by atoms with Crippen LogP contribution >= 0.6 is 0 Å². The zero-order valence-electron chi connectivity index (χ0n) is 13.2. The first kappa shape index (κ1) is 14.3. The molecular formula is C20H25N. The van der Waals surface area contributed by atoms with Crippen molar-refractivity contribution in [2.45, 2.75) is 31.1 Å². The van der Waals surface area contributed by atoms with E-state index in [0.29, 0.717) is 0 Å². The second-order valence-corrected chi connectivity index (χ2v) is 6.51. The fraction of sp³-hybridized carbons (Fsp3) is 0.400. The summed E-state index contributed by atoms with van der Waals surface area (Å²) in [6.45, 7) is 1.16. The second-order valence-electron chi connectivity index (χ2n) is 6.51. The third-order valence-electron chi connectivity index (χ3n) is 4.89. The van der Waals surface area contributed by atoms with Crippen LogP contribution < -0.4 is 0 Å². The summed E-state index contributed by atoms with van der Waals surface area (Å²) in [5, 5.41) is 0. The van der Waals surface area contributed by atoms with Crippen LogP contribution in [0.25, 0.3) is 0 Å². The summed E-state index contributed by atoms with van der Waals surface area (Å²) in [5.74, 6) is 0. The molecule has 0 radical (unpaired) electrons. The van der Waals surface area contributed by atoms with Crippen LogP contribution in [0.2, 0.25) is 0 Å². The zero-order valence-corrected chi connectivity index (χ0v) is 13.2. The van der Waals surface area contributed by atoms with Gasteiger partial charge in [0.05, 0.1) is 0 Å². The van der Waals surface area contributed by atoms with Gasteiger partial charge in [0.25, 0.3) is 0 Å². The van der Waals surface area contributed by atoms with Crippen molar-refractivity contribution in [2.75, 3.05) is 20.6 Å². The van der Waals surface area contributed by atoms with E-state index in [1.807, 2.05) is 0 Å². The zero-order chi connectivity index (χ0) is 14.7. The summed E-state index contributed by atoms with van der Waals surface area (Å²) in [6.07, 6.45) is 4.96. The van der Waals surface area contributed by atoms with Crippen LogP contribution in [0.5, 0.6) is 0 Å². The predicted molar refractivity (Wildman–Crippen MR) is 89.8 cm³/mol. The summed E-state index contributed by atoms with van der Waals surface area (Å²) >= 11 is 0. The van der Waals surface area contributed by atoms with Gasteiger partial charge in [-0.3, -0.25) is 0 Å². The van der Waals surface area contributed by atoms with Gasteiger partial charge in [-0.15, -0.1) is 0 Å². The number of fused-ring (bicyclic) bond motifs is 1. The van der Waals surface area contributed by atoms with E-state index in [9.17, 15) is 0 Å². The third kappa shape index (κ3) is 2.75. The van der Waals surface area contributed by atoms with Gasteiger partial charge in [-0.2, -0.15) is 0 Å². The molecule has 0 bridgehead atoms. The van der Waals surface area contributed by atoms with Gasteiger partial charge >= 0.3 is 0 Å². The van der Waals surface area contributed by atoms with Gasteiger partial charge in [-0.1, -0.05) is 54.6 Å². The van der Waals surface area contributed by atoms with Crippen LogP contribution in [-0.4, -0.2) is 25.5 Å². The van der Waals surface area contributed by atoms with E-state index in [2.05, 4.69) is 73.6 Å². The summed E-state index contributed by atoms with van der Waals surface area (Å²) < 4.78 is 0. The molecule has 0 aromatic heterocycles. The summed E-state index contributed by atoms with van der Waals surface area (Å²) in [5.41, 5.74) is 4.84. The lowest BCUT2D eigenvalue weighted by Gasteiger charge is -2.32. The molecule has 1 nitrogen and oxygen atoms in total. The minimum atomic E-state index is 0.230. The van der Waals surface area contributed by atoms with E-state index in [-0.39, 0.29) is 5.41 Å².